The fraction of sp³-hybridized carbons (Fsp3) is 0.357. The van der Waals surface area contributed by atoms with E-state index < -0.39 is 0 Å². The van der Waals surface area contributed by atoms with Gasteiger partial charge in [-0.15, -0.1) is 22.7 Å². The summed E-state index contributed by atoms with van der Waals surface area (Å²) in [6.07, 6.45) is 2.68. The molecule has 0 unspecified atom stereocenters. The summed E-state index contributed by atoms with van der Waals surface area (Å²) >= 11 is 5.24. The molecule has 3 nitrogen and oxygen atoms in total. The number of nitrogens with zero attached hydrogens (tertiary/aromatic N) is 3. The standard InChI is InChI=1S/C14H15N3S3/c1-4-11-17-10(5-18-11)6-19-13-12-8(2)9(3)20-14(12)16-7-15-13/h5,7H,4,6H2,1-3H3. The maximum absolute atomic E-state index is 4.61. The molecule has 0 aromatic carbocycles. The molecular weight excluding hydrogens is 306 g/mol. The van der Waals surface area contributed by atoms with Crippen molar-refractivity contribution in [3.8, 4) is 0 Å². The number of thioether (sulfide) groups is 1. The summed E-state index contributed by atoms with van der Waals surface area (Å²) in [5, 5.41) is 5.64. The highest BCUT2D eigenvalue weighted by Crippen LogP contribution is 2.35. The first-order valence-corrected chi connectivity index (χ1v) is 9.14. The summed E-state index contributed by atoms with van der Waals surface area (Å²) in [5.41, 5.74) is 2.45. The third-order valence-corrected chi connectivity index (χ3v) is 6.37. The predicted molar refractivity (Wildman–Crippen MR) is 87.9 cm³/mol. The molecule has 3 heterocycles. The van der Waals surface area contributed by atoms with Crippen LogP contribution >= 0.6 is 34.4 Å². The zero-order valence-corrected chi connectivity index (χ0v) is 14.1. The van der Waals surface area contributed by atoms with Crippen molar-refractivity contribution in [3.05, 3.63) is 32.8 Å². The van der Waals surface area contributed by atoms with Crippen molar-refractivity contribution in [1.29, 1.82) is 0 Å². The molecule has 0 spiro atoms. The van der Waals surface area contributed by atoms with Gasteiger partial charge >= 0.3 is 0 Å². The molecule has 6 heteroatoms. The van der Waals surface area contributed by atoms with Gasteiger partial charge in [0.25, 0.3) is 0 Å². The Kier molecular flexibility index (Phi) is 4.05. The normalized spacial score (nSPS) is 11.3. The molecule has 0 saturated heterocycles. The minimum Gasteiger partial charge on any atom is -0.245 e. The van der Waals surface area contributed by atoms with E-state index in [-0.39, 0.29) is 0 Å². The van der Waals surface area contributed by atoms with Crippen LogP contribution in [0.25, 0.3) is 10.2 Å². The van der Waals surface area contributed by atoms with Crippen LogP contribution in [-0.2, 0) is 12.2 Å². The SMILES string of the molecule is CCc1nc(CSc2ncnc3sc(C)c(C)c23)cs1. The van der Waals surface area contributed by atoms with E-state index in [1.54, 1.807) is 40.8 Å². The molecule has 0 atom stereocenters. The quantitative estimate of drug-likeness (QED) is 0.519. The Labute approximate surface area is 130 Å². The van der Waals surface area contributed by atoms with Gasteiger partial charge in [0.1, 0.15) is 16.2 Å². The molecule has 3 rings (SSSR count). The Hall–Kier alpha value is -0.980. The van der Waals surface area contributed by atoms with Gasteiger partial charge in [-0.05, 0) is 25.8 Å². The van der Waals surface area contributed by atoms with Crippen molar-refractivity contribution >= 4 is 44.7 Å². The van der Waals surface area contributed by atoms with Gasteiger partial charge < -0.3 is 0 Å². The van der Waals surface area contributed by atoms with E-state index in [1.807, 2.05) is 0 Å². The smallest absolute Gasteiger partial charge is 0.128 e. The highest BCUT2D eigenvalue weighted by atomic mass is 32.2. The maximum atomic E-state index is 4.61. The van der Waals surface area contributed by atoms with Crippen LogP contribution in [0.4, 0.5) is 0 Å². The predicted octanol–water partition coefficient (Wildman–Crippen LogP) is 4.62. The van der Waals surface area contributed by atoms with Crippen molar-refractivity contribution in [2.75, 3.05) is 0 Å². The van der Waals surface area contributed by atoms with Crippen molar-refractivity contribution in [2.45, 2.75) is 38.0 Å². The molecule has 20 heavy (non-hydrogen) atoms. The van der Waals surface area contributed by atoms with Gasteiger partial charge in [-0.1, -0.05) is 18.7 Å². The highest BCUT2D eigenvalue weighted by Gasteiger charge is 2.12. The summed E-state index contributed by atoms with van der Waals surface area (Å²) in [7, 11) is 0. The lowest BCUT2D eigenvalue weighted by Crippen LogP contribution is -1.88. The van der Waals surface area contributed by atoms with Crippen LogP contribution in [0.15, 0.2) is 16.7 Å². The summed E-state index contributed by atoms with van der Waals surface area (Å²) in [4.78, 5) is 15.9. The molecule has 0 aliphatic rings. The number of fused-ring (bicyclic) bond motifs is 1. The maximum Gasteiger partial charge on any atom is 0.128 e. The number of hydrogen-bond donors (Lipinski definition) is 0. The van der Waals surface area contributed by atoms with E-state index in [0.717, 1.165) is 27.7 Å². The number of rotatable bonds is 4. The first-order chi connectivity index (χ1) is 9.69. The van der Waals surface area contributed by atoms with Crippen molar-refractivity contribution < 1.29 is 0 Å². The van der Waals surface area contributed by atoms with Gasteiger partial charge in [0.05, 0.1) is 10.7 Å². The summed E-state index contributed by atoms with van der Waals surface area (Å²) in [5.74, 6) is 0.872. The molecule has 0 amide bonds. The van der Waals surface area contributed by atoms with Crippen molar-refractivity contribution in [1.82, 2.24) is 15.0 Å². The number of aromatic nitrogens is 3. The van der Waals surface area contributed by atoms with Crippen LogP contribution in [0, 0.1) is 13.8 Å². The molecule has 3 aromatic rings. The van der Waals surface area contributed by atoms with Gasteiger partial charge in [0, 0.05) is 21.4 Å². The molecule has 0 saturated carbocycles. The zero-order valence-electron chi connectivity index (χ0n) is 11.6. The molecule has 0 aliphatic carbocycles. The Morgan fingerprint density at radius 3 is 2.85 bits per heavy atom. The van der Waals surface area contributed by atoms with Gasteiger partial charge in [-0.25, -0.2) is 15.0 Å². The Bertz CT molecular complexity index is 745. The Morgan fingerprint density at radius 2 is 2.10 bits per heavy atom. The summed E-state index contributed by atoms with van der Waals surface area (Å²) in [6, 6.07) is 0. The third-order valence-electron chi connectivity index (χ3n) is 3.19. The topological polar surface area (TPSA) is 38.7 Å². The Balaban J connectivity index is 1.87. The van der Waals surface area contributed by atoms with Crippen LogP contribution in [0.3, 0.4) is 0 Å². The lowest BCUT2D eigenvalue weighted by molar-refractivity contribution is 1.06. The van der Waals surface area contributed by atoms with E-state index >= 15 is 0 Å². The highest BCUT2D eigenvalue weighted by molar-refractivity contribution is 7.98. The van der Waals surface area contributed by atoms with E-state index in [2.05, 4.69) is 41.1 Å². The second-order valence-corrected chi connectivity index (χ2v) is 7.63. The number of thiazole rings is 1. The van der Waals surface area contributed by atoms with Gasteiger partial charge in [0.15, 0.2) is 0 Å². The fourth-order valence-corrected chi connectivity index (χ4v) is 4.84. The van der Waals surface area contributed by atoms with Crippen LogP contribution < -0.4 is 0 Å². The number of hydrogen-bond acceptors (Lipinski definition) is 6. The average Bonchev–Trinajstić information content (AvgIpc) is 3.02. The first-order valence-electron chi connectivity index (χ1n) is 6.45. The molecule has 0 radical (unpaired) electrons. The molecule has 0 aliphatic heterocycles. The number of thiophene rings is 1. The fourth-order valence-electron chi connectivity index (χ4n) is 1.98. The largest absolute Gasteiger partial charge is 0.245 e. The monoisotopic (exact) mass is 321 g/mol. The second kappa shape index (κ2) is 5.79. The molecule has 0 N–H and O–H groups in total. The van der Waals surface area contributed by atoms with E-state index in [0.29, 0.717) is 0 Å². The second-order valence-electron chi connectivity index (χ2n) is 4.52. The number of aryl methyl sites for hydroxylation is 3. The van der Waals surface area contributed by atoms with Crippen LogP contribution in [-0.4, -0.2) is 15.0 Å². The van der Waals surface area contributed by atoms with Gasteiger partial charge in [0.2, 0.25) is 0 Å². The van der Waals surface area contributed by atoms with Crippen LogP contribution in [0.1, 0.15) is 28.1 Å². The van der Waals surface area contributed by atoms with E-state index in [9.17, 15) is 0 Å². The average molecular weight is 321 g/mol. The lowest BCUT2D eigenvalue weighted by atomic mass is 10.2. The zero-order chi connectivity index (χ0) is 14.1. The first kappa shape index (κ1) is 14.0. The molecular formula is C14H15N3S3. The summed E-state index contributed by atoms with van der Waals surface area (Å²) in [6.45, 7) is 6.44. The van der Waals surface area contributed by atoms with E-state index in [1.165, 1.54) is 20.8 Å². The molecule has 3 aromatic heterocycles. The lowest BCUT2D eigenvalue weighted by Gasteiger charge is -2.01. The Morgan fingerprint density at radius 1 is 1.25 bits per heavy atom. The van der Waals surface area contributed by atoms with Crippen LogP contribution in [0.2, 0.25) is 0 Å². The molecule has 0 bridgehead atoms. The molecule has 104 valence electrons. The van der Waals surface area contributed by atoms with Gasteiger partial charge in [-0.3, -0.25) is 0 Å². The summed E-state index contributed by atoms with van der Waals surface area (Å²) < 4.78 is 0. The van der Waals surface area contributed by atoms with Crippen LogP contribution in [0.5, 0.6) is 0 Å². The minimum absolute atomic E-state index is 0.872. The molecule has 0 fully saturated rings. The third kappa shape index (κ3) is 2.60. The van der Waals surface area contributed by atoms with Crippen molar-refractivity contribution in [3.63, 3.8) is 0 Å². The van der Waals surface area contributed by atoms with Crippen molar-refractivity contribution in [2.24, 2.45) is 0 Å². The van der Waals surface area contributed by atoms with Gasteiger partial charge in [-0.2, -0.15) is 0 Å². The van der Waals surface area contributed by atoms with E-state index in [4.69, 9.17) is 0 Å². The minimum atomic E-state index is 0.872.